The molecule has 1 aromatic rings. The highest BCUT2D eigenvalue weighted by Gasteiger charge is 2.44. The molecule has 0 radical (unpaired) electrons. The Morgan fingerprint density at radius 2 is 0.960 bits per heavy atom. The molecule has 0 spiro atoms. The number of nitrogens with zero attached hydrogens (tertiary/aromatic N) is 8. The highest BCUT2D eigenvalue weighted by atomic mass is 19.3. The Bertz CT molecular complexity index is 2950. The van der Waals surface area contributed by atoms with Crippen LogP contribution in [-0.4, -0.2) is 271 Å². The van der Waals surface area contributed by atoms with E-state index in [9.17, 15) is 42.3 Å². The third kappa shape index (κ3) is 24.7. The maximum Gasteiger partial charge on any atom is 0.261 e. The van der Waals surface area contributed by atoms with Crippen molar-refractivity contribution >= 4 is 70.9 Å². The van der Waals surface area contributed by atoms with Gasteiger partial charge < -0.3 is 70.5 Å². The van der Waals surface area contributed by atoms with Gasteiger partial charge in [-0.05, 0) is 99.9 Å². The number of nitrogens with one attached hydrogen (secondary N) is 5. The van der Waals surface area contributed by atoms with E-state index in [2.05, 4.69) is 26.6 Å². The van der Waals surface area contributed by atoms with Gasteiger partial charge in [0.05, 0.1) is 32.7 Å². The van der Waals surface area contributed by atoms with Crippen LogP contribution < -0.4 is 26.6 Å². The number of hydrogen-bond donors (Lipinski definition) is 5. The Hall–Kier alpha value is -7.36. The number of amides is 12. The second-order valence-electron chi connectivity index (χ2n) is 30.0. The van der Waals surface area contributed by atoms with E-state index in [0.29, 0.717) is 31.5 Å². The smallest absolute Gasteiger partial charge is 0.261 e. The SMILES string of the molecule is CC[C@H]1C(=O)N(C)[C@@H](Cc2ccccc2)C(=O)N[C@@H](CC(C)C)C(=O)N(C)[C@@H](CC(C)C)C(=O)N(C)[C@@H](CC(C)C)C(=O)N[C@@H](COC[C@@H]2CC(F)(F)CN2)C(=O)N(C)CC(=O)N(C)[C@@H](CC(C)C)C(=O)N[C@H](C(=O)N2CCCCC2)CC(=O)N(C)[C@@H](C)C(=O)N[C@@H](CC(C)C)C(=O)N1C. The van der Waals surface area contributed by atoms with Crippen molar-refractivity contribution in [1.29, 1.82) is 0 Å². The lowest BCUT2D eigenvalue weighted by Gasteiger charge is -2.38. The summed E-state index contributed by atoms with van der Waals surface area (Å²) in [4.78, 5) is 188. The normalized spacial score (nSPS) is 26.9. The van der Waals surface area contributed by atoms with Crippen LogP contribution in [0.3, 0.4) is 0 Å². The number of likely N-dealkylation sites (tertiary alicyclic amines) is 1. The minimum atomic E-state index is -3.02. The fraction of sp³-hybridized carbons (Fsp3) is 0.750. The zero-order valence-electron chi connectivity index (χ0n) is 63.0. The van der Waals surface area contributed by atoms with E-state index in [0.717, 1.165) is 21.1 Å². The molecule has 28 heteroatoms. The molecule has 1 aromatic carbocycles. The molecule has 12 amide bonds. The topological polar surface area (TPSA) is 300 Å². The van der Waals surface area contributed by atoms with Gasteiger partial charge in [-0.1, -0.05) is 106 Å². The molecule has 0 saturated carbocycles. The molecule has 3 fully saturated rings. The number of rotatable bonds is 18. The van der Waals surface area contributed by atoms with Crippen molar-refractivity contribution in [2.24, 2.45) is 29.6 Å². The van der Waals surface area contributed by atoms with Gasteiger partial charge in [-0.15, -0.1) is 0 Å². The monoisotopic (exact) mass is 1410 g/mol. The summed E-state index contributed by atoms with van der Waals surface area (Å²) in [5.74, 6) is -12.7. The summed E-state index contributed by atoms with van der Waals surface area (Å²) >= 11 is 0. The summed E-state index contributed by atoms with van der Waals surface area (Å²) in [7, 11) is 9.73. The van der Waals surface area contributed by atoms with E-state index < -0.39 is 176 Å². The van der Waals surface area contributed by atoms with Gasteiger partial charge in [-0.2, -0.15) is 0 Å². The van der Waals surface area contributed by atoms with Crippen LogP contribution in [0.25, 0.3) is 0 Å². The minimum Gasteiger partial charge on any atom is -0.377 e. The van der Waals surface area contributed by atoms with E-state index in [1.54, 1.807) is 42.2 Å². The lowest BCUT2D eigenvalue weighted by molar-refractivity contribution is -0.151. The molecule has 0 unspecified atom stereocenters. The summed E-state index contributed by atoms with van der Waals surface area (Å²) in [5, 5.41) is 14.0. The molecule has 100 heavy (non-hydrogen) atoms. The van der Waals surface area contributed by atoms with Crippen LogP contribution in [0.1, 0.15) is 159 Å². The predicted molar refractivity (Wildman–Crippen MR) is 375 cm³/mol. The van der Waals surface area contributed by atoms with Gasteiger partial charge in [0.2, 0.25) is 70.9 Å². The molecule has 26 nitrogen and oxygen atoms in total. The molecular formula is C72H119F2N13O13. The standard InChI is InChI=1S/C72H119F2N13O13/c1-20-55-70(98)85(18)58(36-49-27-23-21-24-28-49)65(93)77-52(32-44(4)5)68(96)86(19)59(35-47(10)11)71(99)84(17)57(34-46(8)9)64(92)79-54(41-100-40-50-38-72(73,74)42-75-50)66(94)80(13)39-61(89)82(15)56(33-45(6)7)63(91)78-53(69(97)87-29-25-22-26-30-87)37-60(88)81(14)48(12)62(90)76-51(31-43(2)3)67(95)83(55)16/h21,23-24,27-28,43-48,50-59,75H,20,22,25-26,29-42H2,1-19H3,(H,76,90)(H,77,93)(H,78,91)(H,79,92)/t48-,50-,51-,52-,53-,54-,55-,56-,57-,58-,59-/m0/s1. The zero-order valence-corrected chi connectivity index (χ0v) is 63.0. The van der Waals surface area contributed by atoms with Gasteiger partial charge in [0, 0.05) is 81.3 Å². The average molecular weight is 1410 g/mol. The molecule has 0 aromatic heterocycles. The van der Waals surface area contributed by atoms with Crippen LogP contribution >= 0.6 is 0 Å². The molecule has 5 N–H and O–H groups in total. The van der Waals surface area contributed by atoms with Crippen LogP contribution in [-0.2, 0) is 68.7 Å². The first kappa shape index (κ1) is 85.1. The fourth-order valence-electron chi connectivity index (χ4n) is 13.1. The van der Waals surface area contributed by atoms with Crippen LogP contribution in [0.5, 0.6) is 0 Å². The highest BCUT2D eigenvalue weighted by Crippen LogP contribution is 2.27. The number of piperidine rings is 1. The summed E-state index contributed by atoms with van der Waals surface area (Å²) in [6.45, 7) is 20.1. The predicted octanol–water partition coefficient (Wildman–Crippen LogP) is 3.68. The van der Waals surface area contributed by atoms with Crippen LogP contribution in [0.2, 0.25) is 0 Å². The number of ether oxygens (including phenoxy) is 1. The molecule has 564 valence electrons. The van der Waals surface area contributed by atoms with Crippen LogP contribution in [0.4, 0.5) is 8.78 Å². The average Bonchev–Trinajstić information content (AvgIpc) is 0.999. The number of halogens is 2. The number of hydrogen-bond acceptors (Lipinski definition) is 14. The second-order valence-corrected chi connectivity index (χ2v) is 30.0. The number of alkyl halides is 2. The Kier molecular flexibility index (Phi) is 33.3. The Morgan fingerprint density at radius 3 is 1.47 bits per heavy atom. The quantitative estimate of drug-likeness (QED) is 0.140. The van der Waals surface area contributed by atoms with E-state index in [-0.39, 0.29) is 81.1 Å². The van der Waals surface area contributed by atoms with Crippen molar-refractivity contribution in [3.63, 3.8) is 0 Å². The second kappa shape index (κ2) is 39.2. The van der Waals surface area contributed by atoms with Crippen molar-refractivity contribution < 1.29 is 71.1 Å². The van der Waals surface area contributed by atoms with Gasteiger partial charge in [-0.3, -0.25) is 57.5 Å². The van der Waals surface area contributed by atoms with E-state index >= 15 is 24.0 Å². The summed E-state index contributed by atoms with van der Waals surface area (Å²) in [6.07, 6.45) is 1.40. The van der Waals surface area contributed by atoms with Crippen LogP contribution in [0.15, 0.2) is 30.3 Å². The number of carbonyl (C=O) groups excluding carboxylic acids is 12. The van der Waals surface area contributed by atoms with Gasteiger partial charge in [0.15, 0.2) is 0 Å². The Labute approximate surface area is 592 Å². The largest absolute Gasteiger partial charge is 0.377 e. The Balaban J connectivity index is 1.94. The molecular weight excluding hydrogens is 1290 g/mol. The van der Waals surface area contributed by atoms with Crippen molar-refractivity contribution in [3.8, 4) is 0 Å². The molecule has 3 heterocycles. The highest BCUT2D eigenvalue weighted by molar-refractivity contribution is 6.00. The molecule has 0 bridgehead atoms. The molecule has 11 atom stereocenters. The lowest BCUT2D eigenvalue weighted by atomic mass is 9.96. The van der Waals surface area contributed by atoms with E-state index in [1.807, 2.05) is 69.2 Å². The molecule has 3 saturated heterocycles. The number of carbonyl (C=O) groups is 12. The van der Waals surface area contributed by atoms with E-state index in [1.165, 1.54) is 75.9 Å². The van der Waals surface area contributed by atoms with Gasteiger partial charge in [-0.25, -0.2) is 8.78 Å². The van der Waals surface area contributed by atoms with Gasteiger partial charge in [0.25, 0.3) is 5.92 Å². The molecule has 3 aliphatic rings. The van der Waals surface area contributed by atoms with Crippen molar-refractivity contribution in [3.05, 3.63) is 35.9 Å². The third-order valence-corrected chi connectivity index (χ3v) is 19.2. The maximum absolute atomic E-state index is 15.3. The zero-order chi connectivity index (χ0) is 75.4. The Morgan fingerprint density at radius 1 is 0.510 bits per heavy atom. The minimum absolute atomic E-state index is 0.0324. The van der Waals surface area contributed by atoms with E-state index in [4.69, 9.17) is 4.74 Å². The van der Waals surface area contributed by atoms with Gasteiger partial charge >= 0.3 is 0 Å². The lowest BCUT2D eigenvalue weighted by Crippen LogP contribution is -2.61. The third-order valence-electron chi connectivity index (χ3n) is 19.2. The summed E-state index contributed by atoms with van der Waals surface area (Å²) in [6, 6.07) is -5.04. The summed E-state index contributed by atoms with van der Waals surface area (Å²) in [5.41, 5.74) is 0.664. The summed E-state index contributed by atoms with van der Waals surface area (Å²) < 4.78 is 34.7. The van der Waals surface area contributed by atoms with Crippen LogP contribution in [0, 0.1) is 29.6 Å². The first-order valence-electron chi connectivity index (χ1n) is 35.8. The first-order chi connectivity index (χ1) is 46.7. The number of benzene rings is 1. The molecule has 4 rings (SSSR count). The van der Waals surface area contributed by atoms with Crippen molar-refractivity contribution in [2.75, 3.05) is 88.7 Å². The maximum atomic E-state index is 15.3. The molecule has 3 aliphatic heterocycles. The van der Waals surface area contributed by atoms with Crippen molar-refractivity contribution in [2.45, 2.75) is 233 Å². The van der Waals surface area contributed by atoms with Gasteiger partial charge in [0.1, 0.15) is 60.4 Å². The van der Waals surface area contributed by atoms with Crippen molar-refractivity contribution in [1.82, 2.24) is 65.8 Å². The number of likely N-dealkylation sites (N-methyl/N-ethyl adjacent to an activating group) is 7. The first-order valence-corrected chi connectivity index (χ1v) is 35.8. The fourth-order valence-corrected chi connectivity index (χ4v) is 13.1. The molecule has 0 aliphatic carbocycles.